The van der Waals surface area contributed by atoms with Gasteiger partial charge >= 0.3 is 0 Å². The van der Waals surface area contributed by atoms with E-state index in [-0.39, 0.29) is 13.2 Å². The predicted molar refractivity (Wildman–Crippen MR) is 119 cm³/mol. The molecule has 7 nitrogen and oxygen atoms in total. The molecule has 0 radical (unpaired) electrons. The Labute approximate surface area is 183 Å². The van der Waals surface area contributed by atoms with Crippen molar-refractivity contribution in [3.63, 3.8) is 0 Å². The van der Waals surface area contributed by atoms with Crippen molar-refractivity contribution in [2.75, 3.05) is 13.2 Å². The predicted octanol–water partition coefficient (Wildman–Crippen LogP) is 3.91. The molecule has 0 saturated carbocycles. The fraction of sp³-hybridized carbons (Fsp3) is 0.458. The van der Waals surface area contributed by atoms with E-state index in [1.54, 1.807) is 0 Å². The number of benzene rings is 1. The summed E-state index contributed by atoms with van der Waals surface area (Å²) in [5, 5.41) is 22.8. The molecular weight excluding hydrogens is 394 g/mol. The molecule has 1 aromatic carbocycles. The van der Waals surface area contributed by atoms with Crippen LogP contribution in [0.4, 0.5) is 0 Å². The number of aliphatic hydroxyl groups excluding tert-OH is 2. The molecule has 166 valence electrons. The maximum absolute atomic E-state index is 9.59. The fourth-order valence-electron chi connectivity index (χ4n) is 3.52. The Hall–Kier alpha value is -2.77. The molecule has 0 aliphatic rings. The lowest BCUT2D eigenvalue weighted by atomic mass is 10.0. The Morgan fingerprint density at radius 1 is 1.06 bits per heavy atom. The zero-order valence-electron chi connectivity index (χ0n) is 18.8. The summed E-state index contributed by atoms with van der Waals surface area (Å²) in [5.74, 6) is 2.20. The molecule has 0 spiro atoms. The van der Waals surface area contributed by atoms with Crippen LogP contribution >= 0.6 is 0 Å². The van der Waals surface area contributed by atoms with Crippen LogP contribution in [0.15, 0.2) is 28.8 Å². The SMILES string of the molecule is CCc1cc(-c2nc(-c3cc(C)nc(CC(C)C)c3)no2)cc(C)c1OC[C@H](O)CO. The van der Waals surface area contributed by atoms with Crippen LogP contribution in [0.1, 0.15) is 43.3 Å². The first-order valence-electron chi connectivity index (χ1n) is 10.7. The van der Waals surface area contributed by atoms with Crippen molar-refractivity contribution < 1.29 is 19.5 Å². The van der Waals surface area contributed by atoms with Gasteiger partial charge in [-0.25, -0.2) is 0 Å². The van der Waals surface area contributed by atoms with Crippen LogP contribution in [-0.2, 0) is 12.8 Å². The lowest BCUT2D eigenvalue weighted by molar-refractivity contribution is 0.0531. The van der Waals surface area contributed by atoms with Gasteiger partial charge in [-0.2, -0.15) is 4.98 Å². The van der Waals surface area contributed by atoms with E-state index >= 15 is 0 Å². The van der Waals surface area contributed by atoms with Gasteiger partial charge < -0.3 is 19.5 Å². The molecule has 0 amide bonds. The van der Waals surface area contributed by atoms with E-state index in [1.165, 1.54) is 0 Å². The standard InChI is InChI=1S/C24H31N3O4/c1-6-17-10-19(8-15(4)22(17)30-13-21(29)12-28)24-26-23(27-31-24)18-9-16(5)25-20(11-18)7-14(2)3/h8-11,14,21,28-29H,6-7,12-13H2,1-5H3/t21-/m1/s1. The maximum atomic E-state index is 9.59. The normalized spacial score (nSPS) is 12.4. The number of aliphatic hydroxyl groups is 2. The maximum Gasteiger partial charge on any atom is 0.258 e. The monoisotopic (exact) mass is 425 g/mol. The average Bonchev–Trinajstić information content (AvgIpc) is 3.21. The van der Waals surface area contributed by atoms with Crippen molar-refractivity contribution in [2.24, 2.45) is 5.92 Å². The molecule has 7 heteroatoms. The summed E-state index contributed by atoms with van der Waals surface area (Å²) in [7, 11) is 0. The Bertz CT molecular complexity index is 1030. The molecule has 0 bridgehead atoms. The Morgan fingerprint density at radius 2 is 1.84 bits per heavy atom. The quantitative estimate of drug-likeness (QED) is 0.536. The van der Waals surface area contributed by atoms with Crippen molar-refractivity contribution in [3.8, 4) is 28.6 Å². The summed E-state index contributed by atoms with van der Waals surface area (Å²) in [4.78, 5) is 9.24. The van der Waals surface area contributed by atoms with Crippen LogP contribution in [0, 0.1) is 19.8 Å². The van der Waals surface area contributed by atoms with Crippen LogP contribution < -0.4 is 4.74 Å². The van der Waals surface area contributed by atoms with Gasteiger partial charge in [-0.3, -0.25) is 4.98 Å². The summed E-state index contributed by atoms with van der Waals surface area (Å²) >= 11 is 0. The molecule has 2 N–H and O–H groups in total. The first-order chi connectivity index (χ1) is 14.8. The molecule has 0 unspecified atom stereocenters. The zero-order valence-corrected chi connectivity index (χ0v) is 18.8. The summed E-state index contributed by atoms with van der Waals surface area (Å²) in [6, 6.07) is 7.88. The van der Waals surface area contributed by atoms with E-state index < -0.39 is 6.10 Å². The molecule has 3 aromatic rings. The number of hydrogen-bond acceptors (Lipinski definition) is 7. The van der Waals surface area contributed by atoms with E-state index in [2.05, 4.69) is 29.0 Å². The molecule has 3 rings (SSSR count). The summed E-state index contributed by atoms with van der Waals surface area (Å²) in [5.41, 5.74) is 5.53. The lowest BCUT2D eigenvalue weighted by Gasteiger charge is -2.16. The Balaban J connectivity index is 1.90. The highest BCUT2D eigenvalue weighted by molar-refractivity contribution is 5.63. The smallest absolute Gasteiger partial charge is 0.258 e. The van der Waals surface area contributed by atoms with Crippen molar-refractivity contribution in [3.05, 3.63) is 46.8 Å². The number of ether oxygens (including phenoxy) is 1. The number of pyridine rings is 1. The van der Waals surface area contributed by atoms with Crippen molar-refractivity contribution in [1.82, 2.24) is 15.1 Å². The van der Waals surface area contributed by atoms with E-state index in [0.717, 1.165) is 46.5 Å². The number of nitrogens with zero attached hydrogens (tertiary/aromatic N) is 3. The molecule has 2 heterocycles. The lowest BCUT2D eigenvalue weighted by Crippen LogP contribution is -2.22. The largest absolute Gasteiger partial charge is 0.490 e. The van der Waals surface area contributed by atoms with E-state index in [1.807, 2.05) is 45.0 Å². The summed E-state index contributed by atoms with van der Waals surface area (Å²) < 4.78 is 11.3. The van der Waals surface area contributed by atoms with Crippen LogP contribution in [0.2, 0.25) is 0 Å². The number of hydrogen-bond donors (Lipinski definition) is 2. The first-order valence-corrected chi connectivity index (χ1v) is 10.7. The van der Waals surface area contributed by atoms with Gasteiger partial charge in [0.05, 0.1) is 6.61 Å². The molecular formula is C24H31N3O4. The van der Waals surface area contributed by atoms with Crippen LogP contribution in [0.3, 0.4) is 0 Å². The van der Waals surface area contributed by atoms with Crippen molar-refractivity contribution in [1.29, 1.82) is 0 Å². The Morgan fingerprint density at radius 3 is 2.52 bits per heavy atom. The molecule has 0 aliphatic carbocycles. The highest BCUT2D eigenvalue weighted by Gasteiger charge is 2.17. The fourth-order valence-corrected chi connectivity index (χ4v) is 3.52. The summed E-state index contributed by atoms with van der Waals surface area (Å²) in [6.07, 6.45) is 0.722. The van der Waals surface area contributed by atoms with Gasteiger partial charge in [0.15, 0.2) is 0 Å². The topological polar surface area (TPSA) is 102 Å². The van der Waals surface area contributed by atoms with Crippen molar-refractivity contribution >= 4 is 0 Å². The molecule has 0 aliphatic heterocycles. The minimum Gasteiger partial charge on any atom is -0.490 e. The van der Waals surface area contributed by atoms with Crippen LogP contribution in [0.25, 0.3) is 22.8 Å². The molecule has 1 atom stereocenters. The molecule has 31 heavy (non-hydrogen) atoms. The van der Waals surface area contributed by atoms with Gasteiger partial charge in [0.2, 0.25) is 5.82 Å². The highest BCUT2D eigenvalue weighted by Crippen LogP contribution is 2.31. The number of rotatable bonds is 9. The third kappa shape index (κ3) is 5.68. The zero-order chi connectivity index (χ0) is 22.5. The summed E-state index contributed by atoms with van der Waals surface area (Å²) in [6.45, 7) is 9.97. The van der Waals surface area contributed by atoms with E-state index in [9.17, 15) is 5.11 Å². The van der Waals surface area contributed by atoms with E-state index in [0.29, 0.717) is 23.4 Å². The van der Waals surface area contributed by atoms with Gasteiger partial charge in [0, 0.05) is 22.5 Å². The average molecular weight is 426 g/mol. The number of aromatic nitrogens is 3. The van der Waals surface area contributed by atoms with Gasteiger partial charge in [-0.1, -0.05) is 25.9 Å². The highest BCUT2D eigenvalue weighted by atomic mass is 16.5. The van der Waals surface area contributed by atoms with Crippen LogP contribution in [-0.4, -0.2) is 44.7 Å². The second-order valence-electron chi connectivity index (χ2n) is 8.29. The van der Waals surface area contributed by atoms with Crippen LogP contribution in [0.5, 0.6) is 5.75 Å². The van der Waals surface area contributed by atoms with E-state index in [4.69, 9.17) is 14.4 Å². The third-order valence-electron chi connectivity index (χ3n) is 4.92. The molecule has 0 saturated heterocycles. The molecule has 0 fully saturated rings. The number of aryl methyl sites for hydroxylation is 3. The van der Waals surface area contributed by atoms with Gasteiger partial charge in [0.1, 0.15) is 18.5 Å². The third-order valence-corrected chi connectivity index (χ3v) is 4.92. The van der Waals surface area contributed by atoms with Crippen molar-refractivity contribution in [2.45, 2.75) is 53.6 Å². The molecule has 2 aromatic heterocycles. The minimum atomic E-state index is -0.910. The minimum absolute atomic E-state index is 0.0362. The second-order valence-corrected chi connectivity index (χ2v) is 8.29. The Kier molecular flexibility index (Phi) is 7.41. The first kappa shape index (κ1) is 22.9. The van der Waals surface area contributed by atoms with Gasteiger partial charge in [0.25, 0.3) is 5.89 Å². The van der Waals surface area contributed by atoms with Gasteiger partial charge in [-0.05, 0) is 68.0 Å². The van der Waals surface area contributed by atoms with Gasteiger partial charge in [-0.15, -0.1) is 0 Å². The second kappa shape index (κ2) is 10.0.